The van der Waals surface area contributed by atoms with Gasteiger partial charge in [0.25, 0.3) is 5.91 Å². The van der Waals surface area contributed by atoms with E-state index in [1.165, 1.54) is 12.1 Å². The van der Waals surface area contributed by atoms with Gasteiger partial charge in [0, 0.05) is 31.7 Å². The quantitative estimate of drug-likeness (QED) is 0.518. The zero-order chi connectivity index (χ0) is 19.6. The monoisotopic (exact) mass is 370 g/mol. The van der Waals surface area contributed by atoms with Crippen molar-refractivity contribution in [1.29, 1.82) is 0 Å². The number of hydrogen-bond donors (Lipinski definition) is 3. The van der Waals surface area contributed by atoms with E-state index in [-0.39, 0.29) is 17.8 Å². The number of amides is 1. The minimum atomic E-state index is -0.255. The van der Waals surface area contributed by atoms with Crippen molar-refractivity contribution in [3.05, 3.63) is 71.0 Å². The van der Waals surface area contributed by atoms with Crippen LogP contribution in [0.3, 0.4) is 0 Å². The molecule has 0 bridgehead atoms. The molecule has 1 atom stereocenters. The van der Waals surface area contributed by atoms with Crippen molar-refractivity contribution in [2.75, 3.05) is 7.05 Å². The SMILES string of the molecule is CCC(C)NC(=O)c1ccc(CNC(=NC)NCc2cccc(F)c2)cc1. The van der Waals surface area contributed by atoms with Gasteiger partial charge < -0.3 is 16.0 Å². The molecule has 2 rings (SSSR count). The smallest absolute Gasteiger partial charge is 0.251 e. The molecule has 0 aliphatic heterocycles. The summed E-state index contributed by atoms with van der Waals surface area (Å²) in [5.41, 5.74) is 2.52. The number of rotatable bonds is 7. The van der Waals surface area contributed by atoms with Gasteiger partial charge in [-0.15, -0.1) is 0 Å². The molecule has 0 aliphatic carbocycles. The number of benzene rings is 2. The van der Waals surface area contributed by atoms with E-state index in [4.69, 9.17) is 0 Å². The highest BCUT2D eigenvalue weighted by atomic mass is 19.1. The molecule has 2 aromatic carbocycles. The van der Waals surface area contributed by atoms with E-state index >= 15 is 0 Å². The predicted octanol–water partition coefficient (Wildman–Crippen LogP) is 3.22. The van der Waals surface area contributed by atoms with Gasteiger partial charge in [0.2, 0.25) is 0 Å². The Balaban J connectivity index is 1.84. The van der Waals surface area contributed by atoms with Crippen LogP contribution in [0.25, 0.3) is 0 Å². The normalized spacial score (nSPS) is 12.4. The summed E-state index contributed by atoms with van der Waals surface area (Å²) in [6.07, 6.45) is 0.898. The van der Waals surface area contributed by atoms with Crippen molar-refractivity contribution in [2.24, 2.45) is 4.99 Å². The maximum atomic E-state index is 13.2. The lowest BCUT2D eigenvalue weighted by Crippen LogP contribution is -2.36. The molecule has 0 aromatic heterocycles. The fraction of sp³-hybridized carbons (Fsp3) is 0.333. The van der Waals surface area contributed by atoms with Gasteiger partial charge in [0.1, 0.15) is 5.82 Å². The number of nitrogens with zero attached hydrogens (tertiary/aromatic N) is 1. The van der Waals surface area contributed by atoms with E-state index in [2.05, 4.69) is 20.9 Å². The highest BCUT2D eigenvalue weighted by molar-refractivity contribution is 5.94. The van der Waals surface area contributed by atoms with Gasteiger partial charge in [-0.3, -0.25) is 9.79 Å². The van der Waals surface area contributed by atoms with Crippen molar-refractivity contribution in [1.82, 2.24) is 16.0 Å². The molecule has 5 nitrogen and oxygen atoms in total. The van der Waals surface area contributed by atoms with Crippen LogP contribution < -0.4 is 16.0 Å². The number of carbonyl (C=O) groups excluding carboxylic acids is 1. The summed E-state index contributed by atoms with van der Waals surface area (Å²) in [5, 5.41) is 9.30. The molecule has 1 amide bonds. The largest absolute Gasteiger partial charge is 0.352 e. The first kappa shape index (κ1) is 20.4. The summed E-state index contributed by atoms with van der Waals surface area (Å²) >= 11 is 0. The zero-order valence-electron chi connectivity index (χ0n) is 16.1. The van der Waals surface area contributed by atoms with Crippen molar-refractivity contribution < 1.29 is 9.18 Å². The molecule has 0 saturated carbocycles. The van der Waals surface area contributed by atoms with Crippen LogP contribution in [0.5, 0.6) is 0 Å². The second-order valence-corrected chi connectivity index (χ2v) is 6.39. The third kappa shape index (κ3) is 6.73. The first-order chi connectivity index (χ1) is 13.0. The van der Waals surface area contributed by atoms with Crippen LogP contribution in [0.1, 0.15) is 41.8 Å². The Kier molecular flexibility index (Phi) is 7.79. The van der Waals surface area contributed by atoms with Gasteiger partial charge in [0.05, 0.1) is 0 Å². The lowest BCUT2D eigenvalue weighted by atomic mass is 10.1. The molecule has 0 saturated heterocycles. The minimum Gasteiger partial charge on any atom is -0.352 e. The summed E-state index contributed by atoms with van der Waals surface area (Å²) in [7, 11) is 1.68. The number of halogens is 1. The second-order valence-electron chi connectivity index (χ2n) is 6.39. The van der Waals surface area contributed by atoms with Crippen molar-refractivity contribution in [3.63, 3.8) is 0 Å². The lowest BCUT2D eigenvalue weighted by Gasteiger charge is -2.13. The minimum absolute atomic E-state index is 0.0589. The molecule has 144 valence electrons. The lowest BCUT2D eigenvalue weighted by molar-refractivity contribution is 0.0939. The highest BCUT2D eigenvalue weighted by Gasteiger charge is 2.08. The number of hydrogen-bond acceptors (Lipinski definition) is 2. The van der Waals surface area contributed by atoms with Gasteiger partial charge in [-0.25, -0.2) is 4.39 Å². The summed E-state index contributed by atoms with van der Waals surface area (Å²) in [4.78, 5) is 16.3. The maximum Gasteiger partial charge on any atom is 0.251 e. The average molecular weight is 370 g/mol. The molecule has 6 heteroatoms. The standard InChI is InChI=1S/C21H27FN4O/c1-4-15(2)26-20(27)18-10-8-16(9-11-18)13-24-21(23-3)25-14-17-6-5-7-19(22)12-17/h5-12,15H,4,13-14H2,1-3H3,(H,26,27)(H2,23,24,25). The summed E-state index contributed by atoms with van der Waals surface area (Å²) in [6.45, 7) is 5.07. The number of nitrogens with one attached hydrogen (secondary N) is 3. The van der Waals surface area contributed by atoms with Crippen LogP contribution in [0, 0.1) is 5.82 Å². The summed E-state index contributed by atoms with van der Waals surface area (Å²) < 4.78 is 13.2. The maximum absolute atomic E-state index is 13.2. The third-order valence-electron chi connectivity index (χ3n) is 4.24. The second kappa shape index (κ2) is 10.3. The molecule has 1 unspecified atom stereocenters. The van der Waals surface area contributed by atoms with Crippen LogP contribution in [-0.2, 0) is 13.1 Å². The average Bonchev–Trinajstić information content (AvgIpc) is 2.68. The molecule has 3 N–H and O–H groups in total. The Hall–Kier alpha value is -2.89. The number of aliphatic imine (C=N–C) groups is 1. The fourth-order valence-electron chi connectivity index (χ4n) is 2.42. The van der Waals surface area contributed by atoms with Crippen LogP contribution in [-0.4, -0.2) is 25.0 Å². The molecule has 0 heterocycles. The topological polar surface area (TPSA) is 65.5 Å². The Bertz CT molecular complexity index is 774. The van der Waals surface area contributed by atoms with E-state index in [9.17, 15) is 9.18 Å². The highest BCUT2D eigenvalue weighted by Crippen LogP contribution is 2.06. The summed E-state index contributed by atoms with van der Waals surface area (Å²) in [5.74, 6) is 0.309. The first-order valence-corrected chi connectivity index (χ1v) is 9.10. The Morgan fingerprint density at radius 1 is 1.07 bits per heavy atom. The molecule has 0 spiro atoms. The van der Waals surface area contributed by atoms with Crippen LogP contribution in [0.15, 0.2) is 53.5 Å². The Morgan fingerprint density at radius 2 is 1.74 bits per heavy atom. The van der Waals surface area contributed by atoms with Crippen molar-refractivity contribution in [3.8, 4) is 0 Å². The van der Waals surface area contributed by atoms with Crippen LogP contribution in [0.4, 0.5) is 4.39 Å². The van der Waals surface area contributed by atoms with Gasteiger partial charge >= 0.3 is 0 Å². The number of guanidine groups is 1. The molecule has 2 aromatic rings. The van der Waals surface area contributed by atoms with E-state index in [1.807, 2.05) is 44.2 Å². The van der Waals surface area contributed by atoms with E-state index in [0.29, 0.717) is 24.6 Å². The predicted molar refractivity (Wildman–Crippen MR) is 107 cm³/mol. The van der Waals surface area contributed by atoms with Gasteiger partial charge in [-0.05, 0) is 48.7 Å². The van der Waals surface area contributed by atoms with Crippen molar-refractivity contribution in [2.45, 2.75) is 39.4 Å². The third-order valence-corrected chi connectivity index (χ3v) is 4.24. The molecular formula is C21H27FN4O. The van der Waals surface area contributed by atoms with E-state index < -0.39 is 0 Å². The fourth-order valence-corrected chi connectivity index (χ4v) is 2.42. The zero-order valence-corrected chi connectivity index (χ0v) is 16.1. The van der Waals surface area contributed by atoms with Gasteiger partial charge in [-0.2, -0.15) is 0 Å². The summed E-state index contributed by atoms with van der Waals surface area (Å²) in [6, 6.07) is 14.1. The Labute approximate surface area is 160 Å². The van der Waals surface area contributed by atoms with E-state index in [0.717, 1.165) is 17.5 Å². The van der Waals surface area contributed by atoms with E-state index in [1.54, 1.807) is 13.1 Å². The first-order valence-electron chi connectivity index (χ1n) is 9.10. The van der Waals surface area contributed by atoms with Crippen LogP contribution >= 0.6 is 0 Å². The van der Waals surface area contributed by atoms with Crippen LogP contribution in [0.2, 0.25) is 0 Å². The molecular weight excluding hydrogens is 343 g/mol. The molecule has 0 fully saturated rings. The molecule has 0 aliphatic rings. The molecule has 0 radical (unpaired) electrons. The number of carbonyl (C=O) groups is 1. The van der Waals surface area contributed by atoms with Gasteiger partial charge in [0.15, 0.2) is 5.96 Å². The molecule has 27 heavy (non-hydrogen) atoms. The van der Waals surface area contributed by atoms with Gasteiger partial charge in [-0.1, -0.05) is 31.2 Å². The Morgan fingerprint density at radius 3 is 2.33 bits per heavy atom. The van der Waals surface area contributed by atoms with Crippen molar-refractivity contribution >= 4 is 11.9 Å².